The monoisotopic (exact) mass is 480 g/mol. The minimum Gasteiger partial charge on any atom is -0.357 e. The van der Waals surface area contributed by atoms with Crippen LogP contribution in [0.5, 0.6) is 0 Å². The molecule has 0 spiro atoms. The zero-order valence-electron chi connectivity index (χ0n) is 19.6. The number of halogens is 1. The predicted molar refractivity (Wildman–Crippen MR) is 147 cm³/mol. The van der Waals surface area contributed by atoms with Crippen LogP contribution in [0.4, 0.5) is 22.7 Å². The topological polar surface area (TPSA) is 39.7 Å². The van der Waals surface area contributed by atoms with Crippen LogP contribution >= 0.6 is 11.6 Å². The summed E-state index contributed by atoms with van der Waals surface area (Å²) in [6.45, 7) is 0. The van der Waals surface area contributed by atoms with Crippen LogP contribution in [0.15, 0.2) is 107 Å². The van der Waals surface area contributed by atoms with Crippen molar-refractivity contribution in [2.75, 3.05) is 10.2 Å². The molecule has 0 aromatic heterocycles. The quantitative estimate of drug-likeness (QED) is 0.392. The van der Waals surface area contributed by atoms with E-state index in [1.807, 2.05) is 18.2 Å². The highest BCUT2D eigenvalue weighted by atomic mass is 35.5. The fourth-order valence-electron chi connectivity index (χ4n) is 5.28. The third kappa shape index (κ3) is 4.64. The molecule has 1 saturated carbocycles. The lowest BCUT2D eigenvalue weighted by atomic mass is 9.92. The molecule has 3 aromatic carbocycles. The summed E-state index contributed by atoms with van der Waals surface area (Å²) in [4.78, 5) is 7.36. The molecule has 2 aliphatic carbocycles. The van der Waals surface area contributed by atoms with Gasteiger partial charge in [-0.05, 0) is 67.5 Å². The molecule has 0 radical (unpaired) electrons. The van der Waals surface area contributed by atoms with Gasteiger partial charge in [-0.3, -0.25) is 0 Å². The summed E-state index contributed by atoms with van der Waals surface area (Å²) in [5.41, 5.74) is 7.25. The second-order valence-electron chi connectivity index (χ2n) is 9.42. The minimum absolute atomic E-state index is 0.0623. The first-order chi connectivity index (χ1) is 17.2. The minimum atomic E-state index is 0.0623. The Labute approximate surface area is 212 Å². The molecule has 4 nitrogen and oxygen atoms in total. The molecule has 1 atom stereocenters. The van der Waals surface area contributed by atoms with Crippen LogP contribution in [0.1, 0.15) is 32.1 Å². The molecule has 0 bridgehead atoms. The molecule has 0 amide bonds. The second-order valence-corrected chi connectivity index (χ2v) is 9.86. The number of nitrogens with zero attached hydrogens (tertiary/aromatic N) is 2. The Morgan fingerprint density at radius 3 is 2.37 bits per heavy atom. The summed E-state index contributed by atoms with van der Waals surface area (Å²) >= 11 is 6.37. The van der Waals surface area contributed by atoms with Crippen LogP contribution in [0.3, 0.4) is 0 Å². The van der Waals surface area contributed by atoms with Crippen molar-refractivity contribution in [2.45, 2.75) is 44.2 Å². The molecule has 1 heterocycles. The van der Waals surface area contributed by atoms with Gasteiger partial charge in [0, 0.05) is 28.1 Å². The number of para-hydroxylation sites is 2. The van der Waals surface area contributed by atoms with Gasteiger partial charge in [0.05, 0.1) is 28.8 Å². The number of aliphatic imine (C=N–C) groups is 1. The molecule has 2 N–H and O–H groups in total. The first kappa shape index (κ1) is 22.1. The summed E-state index contributed by atoms with van der Waals surface area (Å²) in [6.07, 6.45) is 10.9. The van der Waals surface area contributed by atoms with E-state index in [-0.39, 0.29) is 6.04 Å². The van der Waals surface area contributed by atoms with E-state index in [9.17, 15) is 0 Å². The number of benzene rings is 3. The maximum Gasteiger partial charge on any atom is 0.0893 e. The molecule has 5 heteroatoms. The van der Waals surface area contributed by atoms with E-state index < -0.39 is 0 Å². The molecule has 6 rings (SSSR count). The average molecular weight is 481 g/mol. The molecule has 3 aliphatic rings. The number of hydrogen-bond acceptors (Lipinski definition) is 4. The second kappa shape index (κ2) is 9.73. The van der Waals surface area contributed by atoms with Crippen LogP contribution in [0.2, 0.25) is 5.02 Å². The molecular formula is C30H29ClN4. The average Bonchev–Trinajstić information content (AvgIpc) is 2.89. The maximum absolute atomic E-state index is 6.37. The SMILES string of the molecule is Clc1ccc2c(c1)N=C1C=C(Nc3ccccc3)C(NC3CCCCC3)C=C1N2c1ccccc1. The first-order valence-corrected chi connectivity index (χ1v) is 12.9. The fraction of sp³-hybridized carbons (Fsp3) is 0.233. The number of fused-ring (bicyclic) bond motifs is 2. The Hall–Kier alpha value is -3.34. The molecular weight excluding hydrogens is 452 g/mol. The van der Waals surface area contributed by atoms with Gasteiger partial charge in [-0.15, -0.1) is 0 Å². The van der Waals surface area contributed by atoms with Crippen molar-refractivity contribution < 1.29 is 0 Å². The largest absolute Gasteiger partial charge is 0.357 e. The smallest absolute Gasteiger partial charge is 0.0893 e. The highest BCUT2D eigenvalue weighted by Crippen LogP contribution is 2.44. The highest BCUT2D eigenvalue weighted by molar-refractivity contribution is 6.31. The van der Waals surface area contributed by atoms with Gasteiger partial charge in [0.1, 0.15) is 0 Å². The Morgan fingerprint density at radius 2 is 1.60 bits per heavy atom. The van der Waals surface area contributed by atoms with Crippen LogP contribution in [0, 0.1) is 0 Å². The predicted octanol–water partition coefficient (Wildman–Crippen LogP) is 7.75. The van der Waals surface area contributed by atoms with Crippen LogP contribution in [-0.2, 0) is 0 Å². The lowest BCUT2D eigenvalue weighted by molar-refractivity contribution is 0.366. The van der Waals surface area contributed by atoms with Crippen molar-refractivity contribution in [3.05, 3.63) is 107 Å². The van der Waals surface area contributed by atoms with Crippen molar-refractivity contribution in [1.29, 1.82) is 0 Å². The first-order valence-electron chi connectivity index (χ1n) is 12.5. The van der Waals surface area contributed by atoms with E-state index in [0.717, 1.165) is 39.9 Å². The van der Waals surface area contributed by atoms with Crippen molar-refractivity contribution >= 4 is 40.1 Å². The fourth-order valence-corrected chi connectivity index (χ4v) is 5.44. The lowest BCUT2D eigenvalue weighted by Gasteiger charge is -2.37. The number of nitrogens with one attached hydrogen (secondary N) is 2. The number of anilines is 3. The number of allylic oxidation sites excluding steroid dienone is 1. The van der Waals surface area contributed by atoms with Gasteiger partial charge in [0.15, 0.2) is 0 Å². The Bertz CT molecular complexity index is 1290. The molecule has 0 saturated heterocycles. The van der Waals surface area contributed by atoms with Gasteiger partial charge in [-0.1, -0.05) is 67.3 Å². The van der Waals surface area contributed by atoms with Gasteiger partial charge in [-0.25, -0.2) is 4.99 Å². The van der Waals surface area contributed by atoms with Gasteiger partial charge in [0.2, 0.25) is 0 Å². The summed E-state index contributed by atoms with van der Waals surface area (Å²) in [5.74, 6) is 0. The van der Waals surface area contributed by atoms with Gasteiger partial charge >= 0.3 is 0 Å². The van der Waals surface area contributed by atoms with E-state index in [1.165, 1.54) is 32.1 Å². The van der Waals surface area contributed by atoms with E-state index >= 15 is 0 Å². The van der Waals surface area contributed by atoms with E-state index in [0.29, 0.717) is 11.1 Å². The normalized spacial score (nSPS) is 19.7. The molecule has 1 fully saturated rings. The van der Waals surface area contributed by atoms with Gasteiger partial charge < -0.3 is 15.5 Å². The van der Waals surface area contributed by atoms with Gasteiger partial charge in [-0.2, -0.15) is 0 Å². The Balaban J connectivity index is 1.45. The van der Waals surface area contributed by atoms with E-state index in [2.05, 4.69) is 88.3 Å². The van der Waals surface area contributed by atoms with E-state index in [1.54, 1.807) is 0 Å². The Morgan fingerprint density at radius 1 is 0.857 bits per heavy atom. The summed E-state index contributed by atoms with van der Waals surface area (Å²) in [7, 11) is 0. The zero-order chi connectivity index (χ0) is 23.6. The number of rotatable bonds is 5. The third-order valence-corrected chi connectivity index (χ3v) is 7.21. The van der Waals surface area contributed by atoms with Gasteiger partial charge in [0.25, 0.3) is 0 Å². The van der Waals surface area contributed by atoms with E-state index in [4.69, 9.17) is 16.6 Å². The molecule has 176 valence electrons. The van der Waals surface area contributed by atoms with Crippen LogP contribution in [0.25, 0.3) is 0 Å². The molecule has 3 aromatic rings. The van der Waals surface area contributed by atoms with Crippen LogP contribution < -0.4 is 15.5 Å². The lowest BCUT2D eigenvalue weighted by Crippen LogP contribution is -2.44. The maximum atomic E-state index is 6.37. The number of hydrogen-bond donors (Lipinski definition) is 2. The van der Waals surface area contributed by atoms with Crippen LogP contribution in [-0.4, -0.2) is 17.8 Å². The summed E-state index contributed by atoms with van der Waals surface area (Å²) in [5, 5.41) is 8.32. The highest BCUT2D eigenvalue weighted by Gasteiger charge is 2.32. The third-order valence-electron chi connectivity index (χ3n) is 6.97. The molecule has 35 heavy (non-hydrogen) atoms. The Kier molecular flexibility index (Phi) is 6.15. The van der Waals surface area contributed by atoms with Crippen molar-refractivity contribution in [3.63, 3.8) is 0 Å². The standard InChI is InChI=1S/C30H29ClN4/c31-21-16-17-29-27(18-21)34-28-19-25(32-22-10-4-1-5-11-22)26(33-23-12-6-2-7-13-23)20-30(28)35(29)24-14-8-3-9-15-24/h1,3-5,8-11,14-20,23,26,32-33H,2,6-7,12-13H2. The summed E-state index contributed by atoms with van der Waals surface area (Å²) in [6, 6.07) is 27.4. The van der Waals surface area contributed by atoms with Crippen molar-refractivity contribution in [2.24, 2.45) is 4.99 Å². The molecule has 1 unspecified atom stereocenters. The van der Waals surface area contributed by atoms with Crippen molar-refractivity contribution in [1.82, 2.24) is 5.32 Å². The molecule has 1 aliphatic heterocycles. The summed E-state index contributed by atoms with van der Waals surface area (Å²) < 4.78 is 0. The van der Waals surface area contributed by atoms with Crippen molar-refractivity contribution in [3.8, 4) is 0 Å². The zero-order valence-corrected chi connectivity index (χ0v) is 20.4.